The Morgan fingerprint density at radius 2 is 2.31 bits per heavy atom. The summed E-state index contributed by atoms with van der Waals surface area (Å²) < 4.78 is 29.4. The van der Waals surface area contributed by atoms with Crippen LogP contribution in [-0.2, 0) is 16.0 Å². The van der Waals surface area contributed by atoms with Crippen LogP contribution in [0, 0.1) is 0 Å². The predicted molar refractivity (Wildman–Crippen MR) is 51.2 cm³/mol. The molecule has 0 amide bonds. The van der Waals surface area contributed by atoms with Gasteiger partial charge in [0.05, 0.1) is 24.3 Å². The Labute approximate surface area is 90.9 Å². The molecule has 88 valence electrons. The highest BCUT2D eigenvalue weighted by Crippen LogP contribution is 2.29. The molecule has 0 saturated carbocycles. The van der Waals surface area contributed by atoms with E-state index in [9.17, 15) is 18.7 Å². The number of rotatable bonds is 4. The van der Waals surface area contributed by atoms with E-state index >= 15 is 0 Å². The summed E-state index contributed by atoms with van der Waals surface area (Å²) in [6, 6.07) is 1.01. The van der Waals surface area contributed by atoms with Gasteiger partial charge in [-0.1, -0.05) is 0 Å². The van der Waals surface area contributed by atoms with Gasteiger partial charge in [0.2, 0.25) is 0 Å². The fourth-order valence-corrected chi connectivity index (χ4v) is 1.17. The quantitative estimate of drug-likeness (QED) is 0.803. The monoisotopic (exact) mass is 231 g/mol. The SMILES string of the molecule is CCOC(=O)Cc1nccc(C(F)F)c1O. The minimum atomic E-state index is -2.80. The van der Waals surface area contributed by atoms with E-state index in [1.807, 2.05) is 0 Å². The summed E-state index contributed by atoms with van der Waals surface area (Å²) in [7, 11) is 0. The zero-order chi connectivity index (χ0) is 12.1. The maximum Gasteiger partial charge on any atom is 0.312 e. The van der Waals surface area contributed by atoms with Gasteiger partial charge >= 0.3 is 5.97 Å². The van der Waals surface area contributed by atoms with Crippen LogP contribution in [-0.4, -0.2) is 22.7 Å². The molecule has 1 rings (SSSR count). The molecule has 0 aliphatic carbocycles. The van der Waals surface area contributed by atoms with E-state index in [1.165, 1.54) is 0 Å². The van der Waals surface area contributed by atoms with E-state index in [4.69, 9.17) is 0 Å². The second-order valence-corrected chi connectivity index (χ2v) is 2.98. The predicted octanol–water partition coefficient (Wildman–Crippen LogP) is 1.83. The van der Waals surface area contributed by atoms with E-state index in [2.05, 4.69) is 9.72 Å². The highest BCUT2D eigenvalue weighted by molar-refractivity contribution is 5.73. The van der Waals surface area contributed by atoms with Crippen LogP contribution in [0.3, 0.4) is 0 Å². The Morgan fingerprint density at radius 3 is 2.88 bits per heavy atom. The first kappa shape index (κ1) is 12.4. The van der Waals surface area contributed by atoms with Crippen molar-refractivity contribution >= 4 is 5.97 Å². The molecule has 0 bridgehead atoms. The summed E-state index contributed by atoms with van der Waals surface area (Å²) >= 11 is 0. The number of hydrogen-bond acceptors (Lipinski definition) is 4. The largest absolute Gasteiger partial charge is 0.506 e. The number of halogens is 2. The molecule has 1 aromatic rings. The average molecular weight is 231 g/mol. The fourth-order valence-electron chi connectivity index (χ4n) is 1.17. The summed E-state index contributed by atoms with van der Waals surface area (Å²) in [6.07, 6.45) is -2.00. The lowest BCUT2D eigenvalue weighted by Gasteiger charge is -2.07. The first-order chi connectivity index (χ1) is 7.56. The molecule has 0 atom stereocenters. The Bertz CT molecular complexity index is 382. The Hall–Kier alpha value is -1.72. The second-order valence-electron chi connectivity index (χ2n) is 2.98. The highest BCUT2D eigenvalue weighted by Gasteiger charge is 2.18. The van der Waals surface area contributed by atoms with E-state index in [0.717, 1.165) is 12.3 Å². The molecule has 4 nitrogen and oxygen atoms in total. The third-order valence-corrected chi connectivity index (χ3v) is 1.88. The van der Waals surface area contributed by atoms with Crippen molar-refractivity contribution < 1.29 is 23.4 Å². The van der Waals surface area contributed by atoms with Crippen LogP contribution < -0.4 is 0 Å². The second kappa shape index (κ2) is 5.39. The van der Waals surface area contributed by atoms with Crippen molar-refractivity contribution in [2.75, 3.05) is 6.61 Å². The van der Waals surface area contributed by atoms with Gasteiger partial charge in [0.15, 0.2) is 0 Å². The van der Waals surface area contributed by atoms with Crippen LogP contribution in [0.4, 0.5) is 8.78 Å². The first-order valence-electron chi connectivity index (χ1n) is 4.66. The van der Waals surface area contributed by atoms with Gasteiger partial charge in [-0.3, -0.25) is 9.78 Å². The molecule has 0 aliphatic heterocycles. The Kier molecular flexibility index (Phi) is 4.16. The zero-order valence-electron chi connectivity index (χ0n) is 8.61. The number of carbonyl (C=O) groups excluding carboxylic acids is 1. The van der Waals surface area contributed by atoms with Crippen LogP contribution in [0.1, 0.15) is 24.6 Å². The molecule has 0 fully saturated rings. The molecule has 1 aromatic heterocycles. The van der Waals surface area contributed by atoms with Crippen molar-refractivity contribution in [1.82, 2.24) is 4.98 Å². The molecule has 0 aromatic carbocycles. The Balaban J connectivity index is 2.89. The average Bonchev–Trinajstić information content (AvgIpc) is 2.21. The normalized spacial score (nSPS) is 10.5. The van der Waals surface area contributed by atoms with Gasteiger partial charge in [0.25, 0.3) is 6.43 Å². The van der Waals surface area contributed by atoms with Crippen LogP contribution in [0.25, 0.3) is 0 Å². The molecule has 1 N–H and O–H groups in total. The minimum Gasteiger partial charge on any atom is -0.506 e. The molecule has 0 radical (unpaired) electrons. The number of pyridine rings is 1. The van der Waals surface area contributed by atoms with Crippen LogP contribution in [0.5, 0.6) is 5.75 Å². The topological polar surface area (TPSA) is 59.4 Å². The van der Waals surface area contributed by atoms with Crippen molar-refractivity contribution in [3.63, 3.8) is 0 Å². The van der Waals surface area contributed by atoms with Gasteiger partial charge in [-0.2, -0.15) is 0 Å². The number of alkyl halides is 2. The van der Waals surface area contributed by atoms with E-state index in [-0.39, 0.29) is 18.7 Å². The van der Waals surface area contributed by atoms with Gasteiger partial charge in [-0.15, -0.1) is 0 Å². The van der Waals surface area contributed by atoms with Gasteiger partial charge in [-0.05, 0) is 13.0 Å². The van der Waals surface area contributed by atoms with E-state index in [0.29, 0.717) is 0 Å². The number of nitrogens with zero attached hydrogens (tertiary/aromatic N) is 1. The summed E-state index contributed by atoms with van der Waals surface area (Å²) in [5.41, 5.74) is -0.634. The van der Waals surface area contributed by atoms with Crippen LogP contribution >= 0.6 is 0 Å². The zero-order valence-corrected chi connectivity index (χ0v) is 8.61. The van der Waals surface area contributed by atoms with Gasteiger partial charge in [0.1, 0.15) is 5.75 Å². The lowest BCUT2D eigenvalue weighted by atomic mass is 10.1. The number of aromatic hydroxyl groups is 1. The van der Waals surface area contributed by atoms with Gasteiger partial charge < -0.3 is 9.84 Å². The lowest BCUT2D eigenvalue weighted by molar-refractivity contribution is -0.142. The summed E-state index contributed by atoms with van der Waals surface area (Å²) in [5, 5.41) is 9.43. The summed E-state index contributed by atoms with van der Waals surface area (Å²) in [5.74, 6) is -1.26. The van der Waals surface area contributed by atoms with Crippen LogP contribution in [0.15, 0.2) is 12.3 Å². The van der Waals surface area contributed by atoms with Gasteiger partial charge in [0, 0.05) is 6.20 Å². The van der Waals surface area contributed by atoms with Crippen molar-refractivity contribution in [2.24, 2.45) is 0 Å². The molecule has 0 spiro atoms. The maximum absolute atomic E-state index is 12.4. The highest BCUT2D eigenvalue weighted by atomic mass is 19.3. The molecular formula is C10H11F2NO3. The number of aromatic nitrogens is 1. The molecule has 16 heavy (non-hydrogen) atoms. The Morgan fingerprint density at radius 1 is 1.62 bits per heavy atom. The number of hydrogen-bond donors (Lipinski definition) is 1. The van der Waals surface area contributed by atoms with Crippen LogP contribution in [0.2, 0.25) is 0 Å². The van der Waals surface area contributed by atoms with Gasteiger partial charge in [-0.25, -0.2) is 8.78 Å². The maximum atomic E-state index is 12.4. The molecule has 0 unspecified atom stereocenters. The van der Waals surface area contributed by atoms with Crippen molar-refractivity contribution in [1.29, 1.82) is 0 Å². The third kappa shape index (κ3) is 2.88. The lowest BCUT2D eigenvalue weighted by Crippen LogP contribution is -2.09. The molecule has 0 saturated heterocycles. The van der Waals surface area contributed by atoms with Crippen molar-refractivity contribution in [3.05, 3.63) is 23.5 Å². The fraction of sp³-hybridized carbons (Fsp3) is 0.400. The molecule has 6 heteroatoms. The van der Waals surface area contributed by atoms with Crippen molar-refractivity contribution in [2.45, 2.75) is 19.8 Å². The van der Waals surface area contributed by atoms with E-state index in [1.54, 1.807) is 6.92 Å². The first-order valence-corrected chi connectivity index (χ1v) is 4.66. The number of carbonyl (C=O) groups is 1. The molecular weight excluding hydrogens is 220 g/mol. The molecule has 1 heterocycles. The summed E-state index contributed by atoms with van der Waals surface area (Å²) in [4.78, 5) is 14.7. The third-order valence-electron chi connectivity index (χ3n) is 1.88. The number of esters is 1. The number of ether oxygens (including phenoxy) is 1. The standard InChI is InChI=1S/C10H11F2NO3/c1-2-16-8(14)5-7-9(15)6(10(11)12)3-4-13-7/h3-4,10,15H,2,5H2,1H3. The van der Waals surface area contributed by atoms with Crippen molar-refractivity contribution in [3.8, 4) is 5.75 Å². The summed E-state index contributed by atoms with van der Waals surface area (Å²) in [6.45, 7) is 1.81. The van der Waals surface area contributed by atoms with E-state index < -0.39 is 23.7 Å². The minimum absolute atomic E-state index is 0.101. The smallest absolute Gasteiger partial charge is 0.312 e. The molecule has 0 aliphatic rings.